The predicted octanol–water partition coefficient (Wildman–Crippen LogP) is 3.39. The Morgan fingerprint density at radius 2 is 1.58 bits per heavy atom. The molecule has 0 bridgehead atoms. The van der Waals surface area contributed by atoms with E-state index in [1.54, 1.807) is 30.3 Å². The van der Waals surface area contributed by atoms with Crippen LogP contribution in [0.2, 0.25) is 0 Å². The summed E-state index contributed by atoms with van der Waals surface area (Å²) in [6.45, 7) is 0. The summed E-state index contributed by atoms with van der Waals surface area (Å²) in [6.07, 6.45) is 0.0145. The number of aliphatic carboxylic acids is 1. The second-order valence-electron chi connectivity index (χ2n) is 7.37. The topological polar surface area (TPSA) is 160 Å². The first-order valence-electron chi connectivity index (χ1n) is 9.83. The number of phenols is 4. The molecule has 0 aliphatic carbocycles. The third-order valence-electron chi connectivity index (χ3n) is 5.15. The van der Waals surface area contributed by atoms with Gasteiger partial charge in [-0.1, -0.05) is 30.3 Å². The molecule has 1 aromatic heterocycles. The molecule has 0 aliphatic heterocycles. The van der Waals surface area contributed by atoms with E-state index in [4.69, 9.17) is 4.42 Å². The summed E-state index contributed by atoms with van der Waals surface area (Å²) in [6, 6.07) is 14.3. The van der Waals surface area contributed by atoms with Crippen LogP contribution in [-0.4, -0.2) is 37.5 Å². The molecule has 9 heteroatoms. The maximum Gasteiger partial charge on any atom is 0.326 e. The summed E-state index contributed by atoms with van der Waals surface area (Å²) in [5, 5.41) is 52.4. The minimum atomic E-state index is -1.27. The third kappa shape index (κ3) is 4.11. The molecule has 4 rings (SSSR count). The zero-order valence-corrected chi connectivity index (χ0v) is 17.0. The fourth-order valence-corrected chi connectivity index (χ4v) is 3.48. The first-order chi connectivity index (χ1) is 15.8. The minimum Gasteiger partial charge on any atom is -0.508 e. The van der Waals surface area contributed by atoms with Gasteiger partial charge in [0.15, 0.2) is 22.5 Å². The Balaban J connectivity index is 1.89. The first kappa shape index (κ1) is 21.6. The predicted molar refractivity (Wildman–Crippen MR) is 120 cm³/mol. The average Bonchev–Trinajstić information content (AvgIpc) is 2.80. The van der Waals surface area contributed by atoms with Crippen molar-refractivity contribution in [2.75, 3.05) is 5.32 Å². The molecule has 0 spiro atoms. The molecule has 33 heavy (non-hydrogen) atoms. The average molecular weight is 449 g/mol. The Labute approximate surface area is 186 Å². The Bertz CT molecular complexity index is 1390. The lowest BCUT2D eigenvalue weighted by Crippen LogP contribution is -2.31. The highest BCUT2D eigenvalue weighted by molar-refractivity contribution is 6.01. The lowest BCUT2D eigenvalue weighted by atomic mass is 10.0. The summed E-state index contributed by atoms with van der Waals surface area (Å²) in [5.74, 6) is -3.97. The summed E-state index contributed by atoms with van der Waals surface area (Å²) in [4.78, 5) is 24.7. The number of carboxylic acid groups (broad SMARTS) is 1. The molecule has 4 aromatic rings. The van der Waals surface area contributed by atoms with Crippen LogP contribution in [0.15, 0.2) is 69.9 Å². The van der Waals surface area contributed by atoms with Gasteiger partial charge in [-0.2, -0.15) is 0 Å². The van der Waals surface area contributed by atoms with E-state index >= 15 is 0 Å². The van der Waals surface area contributed by atoms with E-state index in [0.717, 1.165) is 6.07 Å². The largest absolute Gasteiger partial charge is 0.508 e. The molecule has 1 atom stereocenters. The van der Waals surface area contributed by atoms with Crippen molar-refractivity contribution in [1.29, 1.82) is 0 Å². The van der Waals surface area contributed by atoms with Crippen LogP contribution in [0.25, 0.3) is 22.3 Å². The molecule has 0 fully saturated rings. The van der Waals surface area contributed by atoms with Crippen LogP contribution in [-0.2, 0) is 11.2 Å². The van der Waals surface area contributed by atoms with E-state index in [0.29, 0.717) is 11.1 Å². The van der Waals surface area contributed by atoms with Crippen molar-refractivity contribution in [2.45, 2.75) is 12.5 Å². The van der Waals surface area contributed by atoms with E-state index in [1.165, 1.54) is 24.3 Å². The van der Waals surface area contributed by atoms with Gasteiger partial charge < -0.3 is 35.3 Å². The maximum absolute atomic E-state index is 12.8. The lowest BCUT2D eigenvalue weighted by Gasteiger charge is -2.19. The van der Waals surface area contributed by atoms with Gasteiger partial charge in [-0.3, -0.25) is 4.79 Å². The lowest BCUT2D eigenvalue weighted by molar-refractivity contribution is -0.137. The summed E-state index contributed by atoms with van der Waals surface area (Å²) in [5.41, 5.74) is -0.330. The van der Waals surface area contributed by atoms with Crippen LogP contribution >= 0.6 is 0 Å². The van der Waals surface area contributed by atoms with Crippen molar-refractivity contribution in [2.24, 2.45) is 0 Å². The van der Waals surface area contributed by atoms with E-state index < -0.39 is 40.1 Å². The van der Waals surface area contributed by atoms with Gasteiger partial charge in [0.2, 0.25) is 5.75 Å². The number of phenolic OH excluding ortho intramolecular Hbond substituents is 4. The van der Waals surface area contributed by atoms with Crippen LogP contribution < -0.4 is 10.7 Å². The Hall–Kier alpha value is -4.66. The molecule has 0 radical (unpaired) electrons. The molecule has 6 N–H and O–H groups in total. The van der Waals surface area contributed by atoms with E-state index in [-0.39, 0.29) is 29.2 Å². The van der Waals surface area contributed by atoms with Gasteiger partial charge in [0, 0.05) is 18.1 Å². The number of rotatable bonds is 6. The number of nitrogens with one attached hydrogen (secondary N) is 1. The molecule has 1 heterocycles. The zero-order valence-electron chi connectivity index (χ0n) is 17.0. The van der Waals surface area contributed by atoms with Crippen molar-refractivity contribution in [3.05, 3.63) is 76.5 Å². The molecule has 9 nitrogen and oxygen atoms in total. The molecule has 0 unspecified atom stereocenters. The molecule has 0 saturated carbocycles. The summed E-state index contributed by atoms with van der Waals surface area (Å²) in [7, 11) is 0. The van der Waals surface area contributed by atoms with Gasteiger partial charge >= 0.3 is 5.97 Å². The van der Waals surface area contributed by atoms with E-state index in [9.17, 15) is 35.1 Å². The van der Waals surface area contributed by atoms with Crippen LogP contribution in [0.1, 0.15) is 5.56 Å². The molecular formula is C24H19NO8. The van der Waals surface area contributed by atoms with Crippen molar-refractivity contribution >= 4 is 22.6 Å². The fraction of sp³-hybridized carbons (Fsp3) is 0.0833. The normalized spacial score (nSPS) is 11.9. The third-order valence-corrected chi connectivity index (χ3v) is 5.15. The number of benzene rings is 3. The SMILES string of the molecule is O=C(O)[C@H](Cc1ccccc1)Nc1c(O)c(O)c(O)c2c(=O)cc(-c3ccc(O)cc3)oc12. The molecule has 3 aromatic carbocycles. The van der Waals surface area contributed by atoms with Gasteiger partial charge in [-0.05, 0) is 29.8 Å². The first-order valence-corrected chi connectivity index (χ1v) is 9.83. The van der Waals surface area contributed by atoms with Gasteiger partial charge in [0.1, 0.15) is 28.6 Å². The highest BCUT2D eigenvalue weighted by Crippen LogP contribution is 2.47. The quantitative estimate of drug-likeness (QED) is 0.191. The van der Waals surface area contributed by atoms with Gasteiger partial charge in [-0.15, -0.1) is 0 Å². The van der Waals surface area contributed by atoms with Crippen LogP contribution in [0, 0.1) is 0 Å². The standard InChI is InChI=1S/C24H19NO8/c26-14-8-6-13(7-9-14)17-11-16(27)18-20(28)22(30)21(29)19(23(18)33-17)25-15(24(31)32)10-12-4-2-1-3-5-12/h1-9,11,15,25-26,28-30H,10H2,(H,31,32)/t15-/m0/s1. The molecular weight excluding hydrogens is 430 g/mol. The molecule has 0 aliphatic rings. The van der Waals surface area contributed by atoms with Crippen molar-refractivity contribution in [3.63, 3.8) is 0 Å². The van der Waals surface area contributed by atoms with E-state index in [1.807, 2.05) is 0 Å². The highest BCUT2D eigenvalue weighted by Gasteiger charge is 2.27. The highest BCUT2D eigenvalue weighted by atomic mass is 16.4. The summed E-state index contributed by atoms with van der Waals surface area (Å²) >= 11 is 0. The van der Waals surface area contributed by atoms with Crippen molar-refractivity contribution in [3.8, 4) is 34.3 Å². The zero-order chi connectivity index (χ0) is 23.7. The van der Waals surface area contributed by atoms with Crippen LogP contribution in [0.5, 0.6) is 23.0 Å². The number of carboxylic acids is 1. The summed E-state index contributed by atoms with van der Waals surface area (Å²) < 4.78 is 5.78. The van der Waals surface area contributed by atoms with Crippen LogP contribution in [0.3, 0.4) is 0 Å². The maximum atomic E-state index is 12.8. The van der Waals surface area contributed by atoms with Crippen molar-refractivity contribution in [1.82, 2.24) is 0 Å². The Kier molecular flexibility index (Phi) is 5.53. The monoisotopic (exact) mass is 449 g/mol. The fourth-order valence-electron chi connectivity index (χ4n) is 3.48. The number of fused-ring (bicyclic) bond motifs is 1. The Morgan fingerprint density at radius 3 is 2.21 bits per heavy atom. The smallest absolute Gasteiger partial charge is 0.326 e. The minimum absolute atomic E-state index is 0.00494. The van der Waals surface area contributed by atoms with Crippen LogP contribution in [0.4, 0.5) is 5.69 Å². The number of carbonyl (C=O) groups is 1. The second kappa shape index (κ2) is 8.46. The Morgan fingerprint density at radius 1 is 0.909 bits per heavy atom. The second-order valence-corrected chi connectivity index (χ2v) is 7.37. The van der Waals surface area contributed by atoms with Gasteiger partial charge in [0.05, 0.1) is 0 Å². The molecule has 0 amide bonds. The van der Waals surface area contributed by atoms with Gasteiger partial charge in [0.25, 0.3) is 0 Å². The van der Waals surface area contributed by atoms with Gasteiger partial charge in [-0.25, -0.2) is 4.79 Å². The molecule has 0 saturated heterocycles. The number of hydrogen-bond donors (Lipinski definition) is 6. The van der Waals surface area contributed by atoms with E-state index in [2.05, 4.69) is 5.32 Å². The number of hydrogen-bond acceptors (Lipinski definition) is 8. The number of anilines is 1. The molecule has 168 valence electrons. The number of aromatic hydroxyl groups is 4. The van der Waals surface area contributed by atoms with Crippen molar-refractivity contribution < 1.29 is 34.7 Å².